The predicted octanol–water partition coefficient (Wildman–Crippen LogP) is 4.28. The molecule has 0 spiro atoms. The maximum Gasteiger partial charge on any atom is 0.123 e. The second kappa shape index (κ2) is 7.49. The standard InChI is InChI=1S/C13H17Br2FO/c1-17-7-3-6-13(9-14,10-15)11-4-2-5-12(16)8-11/h2,4-5,8H,3,6-7,9-10H2,1H3. The van der Waals surface area contributed by atoms with Gasteiger partial charge in [0.25, 0.3) is 0 Å². The summed E-state index contributed by atoms with van der Waals surface area (Å²) in [4.78, 5) is 0. The van der Waals surface area contributed by atoms with Gasteiger partial charge in [0.05, 0.1) is 0 Å². The van der Waals surface area contributed by atoms with Gasteiger partial charge in [-0.05, 0) is 30.5 Å². The maximum atomic E-state index is 13.3. The number of alkyl halides is 2. The molecule has 0 aliphatic heterocycles. The van der Waals surface area contributed by atoms with Gasteiger partial charge in [0.15, 0.2) is 0 Å². The average molecular weight is 368 g/mol. The van der Waals surface area contributed by atoms with Crippen LogP contribution in [0.4, 0.5) is 4.39 Å². The molecule has 0 heterocycles. The molecule has 0 aliphatic rings. The topological polar surface area (TPSA) is 9.23 Å². The van der Waals surface area contributed by atoms with Gasteiger partial charge in [0, 0.05) is 29.8 Å². The lowest BCUT2D eigenvalue weighted by atomic mass is 9.80. The zero-order valence-electron chi connectivity index (χ0n) is 9.89. The van der Waals surface area contributed by atoms with Crippen molar-refractivity contribution in [2.24, 2.45) is 0 Å². The van der Waals surface area contributed by atoms with Crippen LogP contribution in [0.15, 0.2) is 24.3 Å². The quantitative estimate of drug-likeness (QED) is 0.516. The van der Waals surface area contributed by atoms with Gasteiger partial charge in [-0.3, -0.25) is 0 Å². The van der Waals surface area contributed by atoms with Crippen molar-refractivity contribution < 1.29 is 9.13 Å². The molecule has 0 unspecified atom stereocenters. The van der Waals surface area contributed by atoms with Gasteiger partial charge in [-0.2, -0.15) is 0 Å². The maximum absolute atomic E-state index is 13.3. The van der Waals surface area contributed by atoms with Crippen LogP contribution in [0.25, 0.3) is 0 Å². The first kappa shape index (κ1) is 15.1. The smallest absolute Gasteiger partial charge is 0.123 e. The van der Waals surface area contributed by atoms with Gasteiger partial charge in [-0.1, -0.05) is 44.0 Å². The second-order valence-corrected chi connectivity index (χ2v) is 5.28. The van der Waals surface area contributed by atoms with Crippen molar-refractivity contribution in [3.63, 3.8) is 0 Å². The molecule has 0 aliphatic carbocycles. The SMILES string of the molecule is COCCCC(CBr)(CBr)c1cccc(F)c1. The van der Waals surface area contributed by atoms with E-state index in [0.717, 1.165) is 35.7 Å². The van der Waals surface area contributed by atoms with Crippen molar-refractivity contribution in [2.75, 3.05) is 24.4 Å². The minimum Gasteiger partial charge on any atom is -0.385 e. The van der Waals surface area contributed by atoms with Crippen molar-refractivity contribution in [1.29, 1.82) is 0 Å². The van der Waals surface area contributed by atoms with Crippen molar-refractivity contribution in [3.05, 3.63) is 35.6 Å². The monoisotopic (exact) mass is 366 g/mol. The molecule has 1 aromatic carbocycles. The number of halogens is 3. The number of methoxy groups -OCH3 is 1. The highest BCUT2D eigenvalue weighted by atomic mass is 79.9. The van der Waals surface area contributed by atoms with E-state index in [1.807, 2.05) is 6.07 Å². The molecule has 0 bridgehead atoms. The molecule has 4 heteroatoms. The lowest BCUT2D eigenvalue weighted by Crippen LogP contribution is -2.30. The summed E-state index contributed by atoms with van der Waals surface area (Å²) >= 11 is 7.11. The Morgan fingerprint density at radius 2 is 2.00 bits per heavy atom. The molecule has 0 radical (unpaired) electrons. The molecule has 0 fully saturated rings. The molecule has 1 aromatic rings. The molecule has 0 saturated carbocycles. The van der Waals surface area contributed by atoms with Crippen molar-refractivity contribution >= 4 is 31.9 Å². The molecule has 96 valence electrons. The first-order chi connectivity index (χ1) is 8.18. The zero-order valence-corrected chi connectivity index (χ0v) is 13.1. The Kier molecular flexibility index (Phi) is 6.67. The summed E-state index contributed by atoms with van der Waals surface area (Å²) in [5, 5.41) is 1.61. The minimum atomic E-state index is -0.180. The molecule has 0 atom stereocenters. The van der Waals surface area contributed by atoms with Gasteiger partial charge in [-0.15, -0.1) is 0 Å². The molecular weight excluding hydrogens is 351 g/mol. The Hall–Kier alpha value is 0.0700. The highest BCUT2D eigenvalue weighted by Crippen LogP contribution is 2.34. The molecular formula is C13H17Br2FO. The van der Waals surface area contributed by atoms with Crippen LogP contribution < -0.4 is 0 Å². The Bertz CT molecular complexity index is 340. The largest absolute Gasteiger partial charge is 0.385 e. The zero-order chi connectivity index (χ0) is 12.7. The van der Waals surface area contributed by atoms with E-state index in [-0.39, 0.29) is 11.2 Å². The summed E-state index contributed by atoms with van der Waals surface area (Å²) in [7, 11) is 1.70. The van der Waals surface area contributed by atoms with E-state index in [1.165, 1.54) is 6.07 Å². The second-order valence-electron chi connectivity index (χ2n) is 4.15. The fraction of sp³-hybridized carbons (Fsp3) is 0.538. The highest BCUT2D eigenvalue weighted by molar-refractivity contribution is 9.09. The molecule has 0 aromatic heterocycles. The van der Waals surface area contributed by atoms with Gasteiger partial charge in [0.2, 0.25) is 0 Å². The molecule has 0 N–H and O–H groups in total. The lowest BCUT2D eigenvalue weighted by molar-refractivity contribution is 0.186. The molecule has 1 rings (SSSR count). The highest BCUT2D eigenvalue weighted by Gasteiger charge is 2.29. The summed E-state index contributed by atoms with van der Waals surface area (Å²) < 4.78 is 18.4. The van der Waals surface area contributed by atoms with Crippen molar-refractivity contribution in [2.45, 2.75) is 18.3 Å². The Morgan fingerprint density at radius 3 is 2.53 bits per heavy atom. The van der Waals surface area contributed by atoms with Crippen LogP contribution in [-0.2, 0) is 10.2 Å². The van der Waals surface area contributed by atoms with Gasteiger partial charge >= 0.3 is 0 Å². The Morgan fingerprint density at radius 1 is 1.29 bits per heavy atom. The van der Waals surface area contributed by atoms with Crippen molar-refractivity contribution in [3.8, 4) is 0 Å². The lowest BCUT2D eigenvalue weighted by Gasteiger charge is -2.30. The van der Waals surface area contributed by atoms with E-state index in [2.05, 4.69) is 31.9 Å². The minimum absolute atomic E-state index is 0.0688. The summed E-state index contributed by atoms with van der Waals surface area (Å²) in [6.45, 7) is 0.733. The van der Waals surface area contributed by atoms with Crippen LogP contribution in [0.3, 0.4) is 0 Å². The summed E-state index contributed by atoms with van der Waals surface area (Å²) in [5.74, 6) is -0.180. The van der Waals surface area contributed by atoms with Crippen molar-refractivity contribution in [1.82, 2.24) is 0 Å². The summed E-state index contributed by atoms with van der Waals surface area (Å²) in [6.07, 6.45) is 1.92. The van der Waals surface area contributed by atoms with E-state index < -0.39 is 0 Å². The van der Waals surface area contributed by atoms with Crippen LogP contribution in [-0.4, -0.2) is 24.4 Å². The third-order valence-electron chi connectivity index (χ3n) is 2.95. The predicted molar refractivity (Wildman–Crippen MR) is 76.8 cm³/mol. The summed E-state index contributed by atoms with van der Waals surface area (Å²) in [6, 6.07) is 6.85. The van der Waals surface area contributed by atoms with E-state index in [9.17, 15) is 4.39 Å². The number of rotatable bonds is 7. The molecule has 0 saturated heterocycles. The average Bonchev–Trinajstić information content (AvgIpc) is 2.35. The molecule has 0 amide bonds. The Labute approximate surface area is 119 Å². The van der Waals surface area contributed by atoms with E-state index >= 15 is 0 Å². The van der Waals surface area contributed by atoms with Crippen LogP contribution in [0, 0.1) is 5.82 Å². The molecule has 1 nitrogen and oxygen atoms in total. The Balaban J connectivity index is 2.89. The molecule has 17 heavy (non-hydrogen) atoms. The van der Waals surface area contributed by atoms with Crippen LogP contribution >= 0.6 is 31.9 Å². The third-order valence-corrected chi connectivity index (χ3v) is 5.10. The number of hydrogen-bond donors (Lipinski definition) is 0. The first-order valence-corrected chi connectivity index (χ1v) is 7.80. The van der Waals surface area contributed by atoms with Crippen LogP contribution in [0.2, 0.25) is 0 Å². The fourth-order valence-electron chi connectivity index (χ4n) is 1.84. The van der Waals surface area contributed by atoms with Crippen LogP contribution in [0.1, 0.15) is 18.4 Å². The van der Waals surface area contributed by atoms with Gasteiger partial charge in [0.1, 0.15) is 5.82 Å². The summed E-state index contributed by atoms with van der Waals surface area (Å²) in [5.41, 5.74) is 0.961. The van der Waals surface area contributed by atoms with E-state index in [4.69, 9.17) is 4.74 Å². The van der Waals surface area contributed by atoms with Crippen LogP contribution in [0.5, 0.6) is 0 Å². The van der Waals surface area contributed by atoms with E-state index in [0.29, 0.717) is 0 Å². The number of hydrogen-bond acceptors (Lipinski definition) is 1. The van der Waals surface area contributed by atoms with E-state index in [1.54, 1.807) is 19.2 Å². The third kappa shape index (κ3) is 4.04. The van der Waals surface area contributed by atoms with Gasteiger partial charge < -0.3 is 4.74 Å². The first-order valence-electron chi connectivity index (χ1n) is 5.55. The fourth-order valence-corrected chi connectivity index (χ4v) is 3.98. The normalized spacial score (nSPS) is 11.8. The number of ether oxygens (including phenoxy) is 1. The van der Waals surface area contributed by atoms with Gasteiger partial charge in [-0.25, -0.2) is 4.39 Å². The number of benzene rings is 1.